The molecule has 0 aliphatic rings. The van der Waals surface area contributed by atoms with Gasteiger partial charge >= 0.3 is 0 Å². The van der Waals surface area contributed by atoms with Crippen LogP contribution in [0.5, 0.6) is 11.5 Å². The number of rotatable bonds is 17. The molecule has 0 saturated carbocycles. The van der Waals surface area contributed by atoms with Crippen LogP contribution in [-0.4, -0.2) is 22.7 Å². The van der Waals surface area contributed by atoms with Gasteiger partial charge in [0, 0.05) is 13.0 Å². The van der Waals surface area contributed by atoms with E-state index in [0.717, 1.165) is 37.7 Å². The Morgan fingerprint density at radius 3 is 2.00 bits per heavy atom. The van der Waals surface area contributed by atoms with Crippen molar-refractivity contribution in [2.24, 2.45) is 0 Å². The fraction of sp³-hybridized carbons (Fsp3) is 0.464. The third kappa shape index (κ3) is 15.1. The van der Waals surface area contributed by atoms with Crippen LogP contribution in [-0.2, 0) is 11.2 Å². The second-order valence-corrected chi connectivity index (χ2v) is 7.90. The normalized spacial score (nSPS) is 12.0. The largest absolute Gasteiger partial charge is 0.504 e. The van der Waals surface area contributed by atoms with Crippen molar-refractivity contribution in [3.63, 3.8) is 0 Å². The molecule has 3 N–H and O–H groups in total. The van der Waals surface area contributed by atoms with Crippen molar-refractivity contribution in [2.45, 2.75) is 77.6 Å². The molecule has 1 rings (SSSR count). The Balaban J connectivity index is 1.97. The topological polar surface area (TPSA) is 69.6 Å². The zero-order chi connectivity index (χ0) is 23.3. The Kier molecular flexibility index (Phi) is 16.2. The first-order valence-corrected chi connectivity index (χ1v) is 12.0. The first kappa shape index (κ1) is 27.3. The van der Waals surface area contributed by atoms with E-state index in [1.807, 2.05) is 0 Å². The molecule has 0 unspecified atom stereocenters. The van der Waals surface area contributed by atoms with Crippen molar-refractivity contribution in [1.29, 1.82) is 0 Å². The minimum Gasteiger partial charge on any atom is -0.504 e. The molecule has 0 spiro atoms. The van der Waals surface area contributed by atoms with Crippen molar-refractivity contribution >= 4 is 5.91 Å². The zero-order valence-electron chi connectivity index (χ0n) is 19.6. The zero-order valence-corrected chi connectivity index (χ0v) is 19.6. The molecule has 0 heterocycles. The van der Waals surface area contributed by atoms with Gasteiger partial charge in [-0.25, -0.2) is 0 Å². The van der Waals surface area contributed by atoms with E-state index in [1.165, 1.54) is 37.8 Å². The van der Waals surface area contributed by atoms with Crippen molar-refractivity contribution in [3.8, 4) is 11.5 Å². The Hall–Kier alpha value is -2.75. The highest BCUT2D eigenvalue weighted by molar-refractivity contribution is 5.75. The van der Waals surface area contributed by atoms with E-state index in [0.29, 0.717) is 19.4 Å². The van der Waals surface area contributed by atoms with Gasteiger partial charge in [0.2, 0.25) is 5.91 Å². The van der Waals surface area contributed by atoms with Crippen LogP contribution >= 0.6 is 0 Å². The number of phenolic OH excluding ortho intramolecular Hbond substituents is 2. The van der Waals surface area contributed by atoms with Crippen molar-refractivity contribution in [1.82, 2.24) is 5.32 Å². The van der Waals surface area contributed by atoms with Gasteiger partial charge in [0.25, 0.3) is 0 Å². The second-order valence-electron chi connectivity index (χ2n) is 7.90. The number of unbranched alkanes of at least 4 members (excludes halogenated alkanes) is 4. The average Bonchev–Trinajstić information content (AvgIpc) is 2.78. The van der Waals surface area contributed by atoms with Crippen LogP contribution in [0.25, 0.3) is 0 Å². The molecule has 4 heteroatoms. The molecular formula is C28H41NO3. The molecule has 0 aliphatic heterocycles. The number of carbonyl (C=O) groups excluding carboxylic acids is 1. The first-order chi connectivity index (χ1) is 15.6. The van der Waals surface area contributed by atoms with Crippen molar-refractivity contribution < 1.29 is 15.0 Å². The third-order valence-electron chi connectivity index (χ3n) is 5.01. The summed E-state index contributed by atoms with van der Waals surface area (Å²) in [7, 11) is 0. The number of allylic oxidation sites excluding steroid dienone is 8. The number of phenols is 2. The molecule has 4 nitrogen and oxygen atoms in total. The van der Waals surface area contributed by atoms with Gasteiger partial charge in [0.1, 0.15) is 0 Å². The van der Waals surface area contributed by atoms with Crippen LogP contribution in [0.2, 0.25) is 0 Å². The summed E-state index contributed by atoms with van der Waals surface area (Å²) in [5.41, 5.74) is 0.877. The van der Waals surface area contributed by atoms with E-state index in [4.69, 9.17) is 0 Å². The van der Waals surface area contributed by atoms with Gasteiger partial charge in [-0.2, -0.15) is 0 Å². The lowest BCUT2D eigenvalue weighted by Crippen LogP contribution is -2.25. The molecular weight excluding hydrogens is 398 g/mol. The van der Waals surface area contributed by atoms with Crippen LogP contribution in [0.15, 0.2) is 66.8 Å². The molecule has 0 radical (unpaired) electrons. The minimum atomic E-state index is -0.132. The number of hydrogen-bond acceptors (Lipinski definition) is 3. The second kappa shape index (κ2) is 19.0. The quantitative estimate of drug-likeness (QED) is 0.140. The highest BCUT2D eigenvalue weighted by Crippen LogP contribution is 2.24. The number of benzene rings is 1. The lowest BCUT2D eigenvalue weighted by Gasteiger charge is -2.06. The summed E-state index contributed by atoms with van der Waals surface area (Å²) in [5.74, 6) is -0.216. The van der Waals surface area contributed by atoms with Gasteiger partial charge in [-0.05, 0) is 69.1 Å². The molecule has 0 atom stereocenters. The van der Waals surface area contributed by atoms with Gasteiger partial charge in [0.15, 0.2) is 11.5 Å². The van der Waals surface area contributed by atoms with Crippen LogP contribution in [0.4, 0.5) is 0 Å². The maximum atomic E-state index is 11.9. The van der Waals surface area contributed by atoms with E-state index >= 15 is 0 Å². The van der Waals surface area contributed by atoms with E-state index in [2.05, 4.69) is 60.8 Å². The van der Waals surface area contributed by atoms with Crippen LogP contribution in [0, 0.1) is 0 Å². The van der Waals surface area contributed by atoms with E-state index in [-0.39, 0.29) is 17.4 Å². The molecule has 0 fully saturated rings. The Morgan fingerprint density at radius 1 is 0.812 bits per heavy atom. The molecule has 176 valence electrons. The van der Waals surface area contributed by atoms with Crippen LogP contribution in [0.1, 0.15) is 76.7 Å². The van der Waals surface area contributed by atoms with Gasteiger partial charge in [0.05, 0.1) is 0 Å². The number of aromatic hydroxyl groups is 2. The van der Waals surface area contributed by atoms with Crippen LogP contribution in [0.3, 0.4) is 0 Å². The van der Waals surface area contributed by atoms with E-state index < -0.39 is 0 Å². The SMILES string of the molecule is CCCCC/C=C/C/C=C/C/C=C\C/C=C\CCCC(=O)NCCc1ccc(O)c(O)c1. The van der Waals surface area contributed by atoms with Crippen molar-refractivity contribution in [3.05, 3.63) is 72.4 Å². The maximum absolute atomic E-state index is 11.9. The predicted octanol–water partition coefficient (Wildman–Crippen LogP) is 6.90. The summed E-state index contributed by atoms with van der Waals surface area (Å²) >= 11 is 0. The molecule has 0 saturated heterocycles. The smallest absolute Gasteiger partial charge is 0.220 e. The van der Waals surface area contributed by atoms with Gasteiger partial charge < -0.3 is 15.5 Å². The van der Waals surface area contributed by atoms with Crippen molar-refractivity contribution in [2.75, 3.05) is 6.54 Å². The summed E-state index contributed by atoms with van der Waals surface area (Å²) in [6.07, 6.45) is 28.5. The highest BCUT2D eigenvalue weighted by Gasteiger charge is 2.03. The number of carbonyl (C=O) groups is 1. The third-order valence-corrected chi connectivity index (χ3v) is 5.01. The maximum Gasteiger partial charge on any atom is 0.220 e. The molecule has 0 aromatic heterocycles. The number of hydrogen-bond donors (Lipinski definition) is 3. The van der Waals surface area contributed by atoms with Gasteiger partial charge in [-0.3, -0.25) is 4.79 Å². The summed E-state index contributed by atoms with van der Waals surface area (Å²) in [6, 6.07) is 4.72. The Labute approximate surface area is 194 Å². The Morgan fingerprint density at radius 2 is 1.41 bits per heavy atom. The predicted molar refractivity (Wildman–Crippen MR) is 135 cm³/mol. The fourth-order valence-corrected chi connectivity index (χ4v) is 3.10. The minimum absolute atomic E-state index is 0.0453. The summed E-state index contributed by atoms with van der Waals surface area (Å²) < 4.78 is 0. The molecule has 32 heavy (non-hydrogen) atoms. The standard InChI is InChI=1S/C28H41NO3/c1-2-3-4-5-6-7-8-9-10-11-12-13-14-15-16-17-18-19-28(32)29-23-22-25-20-21-26(30)27(31)24-25/h6-7,9-10,12-13,15-16,20-21,24,30-31H,2-5,8,11,14,17-19,22-23H2,1H3,(H,29,32)/b7-6+,10-9+,13-12-,16-15-. The molecule has 0 bridgehead atoms. The lowest BCUT2D eigenvalue weighted by atomic mass is 10.1. The highest BCUT2D eigenvalue weighted by atomic mass is 16.3. The lowest BCUT2D eigenvalue weighted by molar-refractivity contribution is -0.121. The average molecular weight is 440 g/mol. The van der Waals surface area contributed by atoms with E-state index in [9.17, 15) is 15.0 Å². The summed E-state index contributed by atoms with van der Waals surface area (Å²) in [5, 5.41) is 21.7. The van der Waals surface area contributed by atoms with Gasteiger partial charge in [-0.15, -0.1) is 0 Å². The monoisotopic (exact) mass is 439 g/mol. The fourth-order valence-electron chi connectivity index (χ4n) is 3.10. The van der Waals surface area contributed by atoms with E-state index in [1.54, 1.807) is 6.07 Å². The number of nitrogens with one attached hydrogen (secondary N) is 1. The summed E-state index contributed by atoms with van der Waals surface area (Å²) in [4.78, 5) is 11.9. The molecule has 1 aromatic rings. The molecule has 0 aliphatic carbocycles. The first-order valence-electron chi connectivity index (χ1n) is 12.0. The molecule has 1 aromatic carbocycles. The summed E-state index contributed by atoms with van der Waals surface area (Å²) in [6.45, 7) is 2.75. The van der Waals surface area contributed by atoms with Crippen LogP contribution < -0.4 is 5.32 Å². The van der Waals surface area contributed by atoms with Gasteiger partial charge in [-0.1, -0.05) is 74.4 Å². The molecule has 1 amide bonds. The number of amides is 1. The Bertz CT molecular complexity index is 747.